The maximum Gasteiger partial charge on any atom is 0.317 e. The van der Waals surface area contributed by atoms with Crippen molar-refractivity contribution < 1.29 is 13.9 Å². The van der Waals surface area contributed by atoms with Crippen molar-refractivity contribution in [2.75, 3.05) is 39.9 Å². The van der Waals surface area contributed by atoms with Crippen molar-refractivity contribution in [2.45, 2.75) is 12.6 Å². The Bertz CT molecular complexity index is 860. The number of urea groups is 1. The molecule has 1 aliphatic heterocycles. The van der Waals surface area contributed by atoms with E-state index in [4.69, 9.17) is 10.00 Å². The lowest BCUT2D eigenvalue weighted by Crippen LogP contribution is -2.46. The van der Waals surface area contributed by atoms with Gasteiger partial charge in [0, 0.05) is 33.2 Å². The van der Waals surface area contributed by atoms with Crippen molar-refractivity contribution in [3.05, 3.63) is 71.0 Å². The minimum absolute atomic E-state index is 0.0567. The molecule has 2 aromatic carbocycles. The molecule has 152 valence electrons. The average Bonchev–Trinajstić information content (AvgIpc) is 2.75. The van der Waals surface area contributed by atoms with Crippen LogP contribution in [0.25, 0.3) is 0 Å². The SMILES string of the molecule is CN(Cc1cccc(C#N)c1)C(=O)NCC(c1ccc(F)cc1)N1CCOCC1. The summed E-state index contributed by atoms with van der Waals surface area (Å²) in [5, 5.41) is 12.0. The number of hydrogen-bond acceptors (Lipinski definition) is 4. The first-order valence-corrected chi connectivity index (χ1v) is 9.62. The van der Waals surface area contributed by atoms with E-state index in [0.29, 0.717) is 31.9 Å². The van der Waals surface area contributed by atoms with Crippen LogP contribution in [0.1, 0.15) is 22.7 Å². The molecule has 0 radical (unpaired) electrons. The number of amides is 2. The number of rotatable bonds is 6. The lowest BCUT2D eigenvalue weighted by molar-refractivity contribution is 0.0165. The van der Waals surface area contributed by atoms with E-state index in [9.17, 15) is 9.18 Å². The number of morpholine rings is 1. The standard InChI is InChI=1S/C22H25FN4O2/c1-26(16-18-4-2-3-17(13-18)14-24)22(28)25-15-21(27-9-11-29-12-10-27)19-5-7-20(23)8-6-19/h2-8,13,21H,9-12,15-16H2,1H3,(H,25,28). The fourth-order valence-electron chi connectivity index (χ4n) is 3.44. The highest BCUT2D eigenvalue weighted by atomic mass is 19.1. The number of nitrogens with one attached hydrogen (secondary N) is 1. The van der Waals surface area contributed by atoms with Crippen LogP contribution in [0.15, 0.2) is 48.5 Å². The molecule has 0 aliphatic carbocycles. The summed E-state index contributed by atoms with van der Waals surface area (Å²) in [4.78, 5) is 16.4. The largest absolute Gasteiger partial charge is 0.379 e. The molecule has 29 heavy (non-hydrogen) atoms. The number of carbonyl (C=O) groups is 1. The molecule has 2 amide bonds. The van der Waals surface area contributed by atoms with Crippen molar-refractivity contribution in [2.24, 2.45) is 0 Å². The van der Waals surface area contributed by atoms with Gasteiger partial charge in [-0.3, -0.25) is 4.90 Å². The Balaban J connectivity index is 1.63. The Morgan fingerprint density at radius 2 is 2.00 bits per heavy atom. The van der Waals surface area contributed by atoms with Gasteiger partial charge in [0.15, 0.2) is 0 Å². The summed E-state index contributed by atoms with van der Waals surface area (Å²) in [6, 6.07) is 15.5. The van der Waals surface area contributed by atoms with E-state index >= 15 is 0 Å². The van der Waals surface area contributed by atoms with E-state index in [0.717, 1.165) is 24.2 Å². The van der Waals surface area contributed by atoms with Gasteiger partial charge in [0.1, 0.15) is 5.82 Å². The average molecular weight is 396 g/mol. The Morgan fingerprint density at radius 3 is 2.69 bits per heavy atom. The van der Waals surface area contributed by atoms with Crippen molar-refractivity contribution in [3.8, 4) is 6.07 Å². The summed E-state index contributed by atoms with van der Waals surface area (Å²) in [5.41, 5.74) is 2.42. The lowest BCUT2D eigenvalue weighted by atomic mass is 10.0. The monoisotopic (exact) mass is 396 g/mol. The molecule has 1 unspecified atom stereocenters. The molecule has 2 aromatic rings. The predicted molar refractivity (Wildman–Crippen MR) is 108 cm³/mol. The van der Waals surface area contributed by atoms with E-state index in [-0.39, 0.29) is 17.9 Å². The molecule has 7 heteroatoms. The third kappa shape index (κ3) is 5.76. The first kappa shape index (κ1) is 20.8. The minimum Gasteiger partial charge on any atom is -0.379 e. The van der Waals surface area contributed by atoms with E-state index in [1.54, 1.807) is 36.2 Å². The summed E-state index contributed by atoms with van der Waals surface area (Å²) in [5.74, 6) is -0.280. The minimum atomic E-state index is -0.280. The molecule has 0 saturated carbocycles. The van der Waals surface area contributed by atoms with Gasteiger partial charge in [-0.2, -0.15) is 5.26 Å². The van der Waals surface area contributed by atoms with Gasteiger partial charge in [-0.15, -0.1) is 0 Å². The quantitative estimate of drug-likeness (QED) is 0.815. The number of hydrogen-bond donors (Lipinski definition) is 1. The molecule has 1 N–H and O–H groups in total. The summed E-state index contributed by atoms with van der Waals surface area (Å²) < 4.78 is 18.8. The highest BCUT2D eigenvalue weighted by Crippen LogP contribution is 2.22. The summed E-state index contributed by atoms with van der Waals surface area (Å²) in [6.45, 7) is 3.61. The van der Waals surface area contributed by atoms with Crippen LogP contribution >= 0.6 is 0 Å². The maximum atomic E-state index is 13.3. The molecule has 1 saturated heterocycles. The molecule has 0 aromatic heterocycles. The van der Waals surface area contributed by atoms with Gasteiger partial charge < -0.3 is 15.0 Å². The van der Waals surface area contributed by atoms with Gasteiger partial charge in [0.05, 0.1) is 30.9 Å². The van der Waals surface area contributed by atoms with Crippen LogP contribution in [0.5, 0.6) is 0 Å². The number of nitrogens with zero attached hydrogens (tertiary/aromatic N) is 3. The van der Waals surface area contributed by atoms with Gasteiger partial charge in [-0.1, -0.05) is 24.3 Å². The highest BCUT2D eigenvalue weighted by Gasteiger charge is 2.24. The fraction of sp³-hybridized carbons (Fsp3) is 0.364. The molecule has 1 heterocycles. The second-order valence-corrected chi connectivity index (χ2v) is 7.07. The van der Waals surface area contributed by atoms with E-state index in [1.807, 2.05) is 12.1 Å². The van der Waals surface area contributed by atoms with Crippen LogP contribution in [0, 0.1) is 17.1 Å². The Morgan fingerprint density at radius 1 is 1.28 bits per heavy atom. The molecular formula is C22H25FN4O2. The number of halogens is 1. The normalized spacial score (nSPS) is 15.3. The third-order valence-electron chi connectivity index (χ3n) is 5.01. The van der Waals surface area contributed by atoms with Crippen LogP contribution in [0.2, 0.25) is 0 Å². The van der Waals surface area contributed by atoms with E-state index < -0.39 is 0 Å². The van der Waals surface area contributed by atoms with E-state index in [1.165, 1.54) is 12.1 Å². The Hall–Kier alpha value is -2.95. The number of carbonyl (C=O) groups excluding carboxylic acids is 1. The predicted octanol–water partition coefficient (Wildman–Crippen LogP) is 2.91. The molecule has 0 bridgehead atoms. The van der Waals surface area contributed by atoms with E-state index in [2.05, 4.69) is 16.3 Å². The van der Waals surface area contributed by atoms with Crippen LogP contribution in [-0.2, 0) is 11.3 Å². The highest BCUT2D eigenvalue weighted by molar-refractivity contribution is 5.73. The molecule has 1 atom stereocenters. The summed E-state index contributed by atoms with van der Waals surface area (Å²) in [6.07, 6.45) is 0. The zero-order valence-electron chi connectivity index (χ0n) is 16.5. The smallest absolute Gasteiger partial charge is 0.317 e. The second kappa shape index (κ2) is 10.0. The first-order chi connectivity index (χ1) is 14.1. The number of nitriles is 1. The Labute approximate surface area is 170 Å². The van der Waals surface area contributed by atoms with Crippen molar-refractivity contribution in [1.29, 1.82) is 5.26 Å². The topological polar surface area (TPSA) is 68.6 Å². The zero-order valence-corrected chi connectivity index (χ0v) is 16.5. The molecule has 3 rings (SSSR count). The van der Waals surface area contributed by atoms with Crippen LogP contribution in [-0.4, -0.2) is 55.7 Å². The molecule has 0 spiro atoms. The van der Waals surface area contributed by atoms with Gasteiger partial charge in [-0.05, 0) is 35.4 Å². The van der Waals surface area contributed by atoms with Crippen molar-refractivity contribution in [1.82, 2.24) is 15.1 Å². The molecule has 6 nitrogen and oxygen atoms in total. The van der Waals surface area contributed by atoms with Gasteiger partial charge in [0.2, 0.25) is 0 Å². The zero-order chi connectivity index (χ0) is 20.6. The maximum absolute atomic E-state index is 13.3. The molecule has 1 aliphatic rings. The van der Waals surface area contributed by atoms with Crippen molar-refractivity contribution >= 4 is 6.03 Å². The van der Waals surface area contributed by atoms with Gasteiger partial charge in [-0.25, -0.2) is 9.18 Å². The number of benzene rings is 2. The number of ether oxygens (including phenoxy) is 1. The van der Waals surface area contributed by atoms with Gasteiger partial charge in [0.25, 0.3) is 0 Å². The first-order valence-electron chi connectivity index (χ1n) is 9.62. The van der Waals surface area contributed by atoms with Crippen molar-refractivity contribution in [3.63, 3.8) is 0 Å². The summed E-state index contributed by atoms with van der Waals surface area (Å²) in [7, 11) is 1.72. The summed E-state index contributed by atoms with van der Waals surface area (Å²) >= 11 is 0. The van der Waals surface area contributed by atoms with Crippen LogP contribution in [0.4, 0.5) is 9.18 Å². The molecular weight excluding hydrogens is 371 g/mol. The Kier molecular flexibility index (Phi) is 7.17. The van der Waals surface area contributed by atoms with Gasteiger partial charge >= 0.3 is 6.03 Å². The van der Waals surface area contributed by atoms with Crippen LogP contribution in [0.3, 0.4) is 0 Å². The van der Waals surface area contributed by atoms with Crippen LogP contribution < -0.4 is 5.32 Å². The molecule has 1 fully saturated rings. The third-order valence-corrected chi connectivity index (χ3v) is 5.01. The second-order valence-electron chi connectivity index (χ2n) is 7.07. The fourth-order valence-corrected chi connectivity index (χ4v) is 3.44. The lowest BCUT2D eigenvalue weighted by Gasteiger charge is -2.35.